The second-order valence-electron chi connectivity index (χ2n) is 4.97. The average Bonchev–Trinajstić information content (AvgIpc) is 2.97. The summed E-state index contributed by atoms with van der Waals surface area (Å²) >= 11 is 1.56. The first-order valence-electron chi connectivity index (χ1n) is 6.92. The summed E-state index contributed by atoms with van der Waals surface area (Å²) < 4.78 is 0. The van der Waals surface area contributed by atoms with Crippen LogP contribution >= 0.6 is 11.3 Å². The second-order valence-corrected chi connectivity index (χ2v) is 5.83. The number of hydrogen-bond acceptors (Lipinski definition) is 4. The van der Waals surface area contributed by atoms with Gasteiger partial charge in [-0.05, 0) is 19.1 Å². The first-order chi connectivity index (χ1) is 10.7. The van der Waals surface area contributed by atoms with Gasteiger partial charge in [-0.15, -0.1) is 11.3 Å². The topological polar surface area (TPSA) is 54.9 Å². The summed E-state index contributed by atoms with van der Waals surface area (Å²) in [7, 11) is 0. The molecule has 3 rings (SSSR count). The van der Waals surface area contributed by atoms with Crippen molar-refractivity contribution in [3.8, 4) is 10.6 Å². The number of nitrogens with zero attached hydrogens (tertiary/aromatic N) is 2. The summed E-state index contributed by atoms with van der Waals surface area (Å²) in [5.74, 6) is -0.0769. The van der Waals surface area contributed by atoms with E-state index >= 15 is 0 Å². The molecule has 22 heavy (non-hydrogen) atoms. The van der Waals surface area contributed by atoms with Crippen LogP contribution in [0.4, 0.5) is 5.69 Å². The highest BCUT2D eigenvalue weighted by atomic mass is 32.1. The lowest BCUT2D eigenvalue weighted by atomic mass is 10.2. The lowest BCUT2D eigenvalue weighted by molar-refractivity contribution is -0.115. The Bertz CT molecular complexity index is 766. The zero-order chi connectivity index (χ0) is 15.4. The van der Waals surface area contributed by atoms with E-state index in [1.807, 2.05) is 5.38 Å². The Labute approximate surface area is 132 Å². The van der Waals surface area contributed by atoms with Crippen LogP contribution in [0.25, 0.3) is 10.6 Å². The monoisotopic (exact) mass is 309 g/mol. The zero-order valence-electron chi connectivity index (χ0n) is 12.1. The summed E-state index contributed by atoms with van der Waals surface area (Å²) in [6.07, 6.45) is 3.56. The van der Waals surface area contributed by atoms with Gasteiger partial charge in [-0.1, -0.05) is 29.8 Å². The van der Waals surface area contributed by atoms with Crippen LogP contribution in [0.2, 0.25) is 0 Å². The third kappa shape index (κ3) is 3.56. The van der Waals surface area contributed by atoms with E-state index in [9.17, 15) is 4.79 Å². The smallest absolute Gasteiger partial charge is 0.230 e. The molecule has 0 saturated carbocycles. The predicted molar refractivity (Wildman–Crippen MR) is 88.9 cm³/mol. The zero-order valence-corrected chi connectivity index (χ0v) is 12.9. The second kappa shape index (κ2) is 6.49. The van der Waals surface area contributed by atoms with E-state index in [0.717, 1.165) is 22.0 Å². The van der Waals surface area contributed by atoms with Crippen LogP contribution in [0.1, 0.15) is 11.3 Å². The number of aryl methyl sites for hydroxylation is 1. The molecule has 0 unspecified atom stereocenters. The minimum atomic E-state index is -0.0769. The van der Waals surface area contributed by atoms with Crippen LogP contribution in [-0.2, 0) is 11.2 Å². The highest BCUT2D eigenvalue weighted by Crippen LogP contribution is 2.24. The van der Waals surface area contributed by atoms with Crippen LogP contribution in [0.3, 0.4) is 0 Å². The molecule has 1 amide bonds. The number of pyridine rings is 1. The lowest BCUT2D eigenvalue weighted by Crippen LogP contribution is -2.14. The van der Waals surface area contributed by atoms with Crippen molar-refractivity contribution in [1.82, 2.24) is 9.97 Å². The van der Waals surface area contributed by atoms with E-state index in [4.69, 9.17) is 0 Å². The molecule has 0 saturated heterocycles. The Balaban J connectivity index is 1.66. The van der Waals surface area contributed by atoms with Gasteiger partial charge in [-0.25, -0.2) is 4.98 Å². The van der Waals surface area contributed by atoms with Gasteiger partial charge in [0.05, 0.1) is 12.1 Å². The maximum absolute atomic E-state index is 12.0. The molecular formula is C17H15N3OS. The molecule has 0 aliphatic heterocycles. The van der Waals surface area contributed by atoms with E-state index in [1.54, 1.807) is 35.9 Å². The largest absolute Gasteiger partial charge is 0.326 e. The van der Waals surface area contributed by atoms with Crippen LogP contribution in [0.5, 0.6) is 0 Å². The van der Waals surface area contributed by atoms with Crippen molar-refractivity contribution < 1.29 is 4.79 Å². The standard InChI is InChI=1S/C17H15N3OS/c1-12-2-4-13(5-3-12)17-20-15(11-22-17)10-16(21)19-14-6-8-18-9-7-14/h2-9,11H,10H2,1H3,(H,18,19,21). The number of thiazole rings is 1. The Morgan fingerprint density at radius 2 is 1.86 bits per heavy atom. The van der Waals surface area contributed by atoms with Gasteiger partial charge in [0.2, 0.25) is 5.91 Å². The van der Waals surface area contributed by atoms with E-state index in [2.05, 4.69) is 46.5 Å². The summed E-state index contributed by atoms with van der Waals surface area (Å²) in [6, 6.07) is 11.7. The third-order valence-electron chi connectivity index (χ3n) is 3.16. The maximum Gasteiger partial charge on any atom is 0.230 e. The van der Waals surface area contributed by atoms with E-state index in [1.165, 1.54) is 5.56 Å². The molecule has 0 bridgehead atoms. The highest BCUT2D eigenvalue weighted by molar-refractivity contribution is 7.13. The van der Waals surface area contributed by atoms with Gasteiger partial charge in [0, 0.05) is 29.0 Å². The molecule has 5 heteroatoms. The minimum absolute atomic E-state index is 0.0769. The fraction of sp³-hybridized carbons (Fsp3) is 0.118. The Hall–Kier alpha value is -2.53. The number of carbonyl (C=O) groups excluding carboxylic acids is 1. The van der Waals surface area contributed by atoms with Crippen molar-refractivity contribution in [2.45, 2.75) is 13.3 Å². The quantitative estimate of drug-likeness (QED) is 0.799. The minimum Gasteiger partial charge on any atom is -0.326 e. The normalized spacial score (nSPS) is 10.4. The molecule has 3 aromatic rings. The fourth-order valence-electron chi connectivity index (χ4n) is 2.02. The highest BCUT2D eigenvalue weighted by Gasteiger charge is 2.09. The molecular weight excluding hydrogens is 294 g/mol. The van der Waals surface area contributed by atoms with Gasteiger partial charge in [-0.3, -0.25) is 9.78 Å². The Kier molecular flexibility index (Phi) is 4.25. The molecule has 0 aliphatic carbocycles. The number of benzene rings is 1. The lowest BCUT2D eigenvalue weighted by Gasteiger charge is -2.02. The number of rotatable bonds is 4. The molecule has 0 atom stereocenters. The van der Waals surface area contributed by atoms with Gasteiger partial charge in [0.15, 0.2) is 0 Å². The SMILES string of the molecule is Cc1ccc(-c2nc(CC(=O)Nc3ccncc3)cs2)cc1. The first kappa shape index (κ1) is 14.4. The first-order valence-corrected chi connectivity index (χ1v) is 7.80. The van der Waals surface area contributed by atoms with Crippen molar-refractivity contribution in [2.24, 2.45) is 0 Å². The van der Waals surface area contributed by atoms with Gasteiger partial charge in [0.25, 0.3) is 0 Å². The van der Waals surface area contributed by atoms with E-state index in [0.29, 0.717) is 0 Å². The number of amides is 1. The third-order valence-corrected chi connectivity index (χ3v) is 4.10. The molecule has 4 nitrogen and oxygen atoms in total. The number of carbonyl (C=O) groups is 1. The van der Waals surface area contributed by atoms with Crippen LogP contribution in [-0.4, -0.2) is 15.9 Å². The van der Waals surface area contributed by atoms with Gasteiger partial charge < -0.3 is 5.32 Å². The van der Waals surface area contributed by atoms with Crippen LogP contribution in [0.15, 0.2) is 54.2 Å². The van der Waals surface area contributed by atoms with Gasteiger partial charge in [0.1, 0.15) is 5.01 Å². The summed E-state index contributed by atoms with van der Waals surface area (Å²) in [5, 5.41) is 5.70. The summed E-state index contributed by atoms with van der Waals surface area (Å²) in [5.41, 5.74) is 3.83. The van der Waals surface area contributed by atoms with Crippen molar-refractivity contribution in [3.05, 3.63) is 65.4 Å². The number of nitrogens with one attached hydrogen (secondary N) is 1. The number of aromatic nitrogens is 2. The fourth-order valence-corrected chi connectivity index (χ4v) is 2.85. The molecule has 0 fully saturated rings. The van der Waals surface area contributed by atoms with Crippen molar-refractivity contribution in [1.29, 1.82) is 0 Å². The van der Waals surface area contributed by atoms with Gasteiger partial charge >= 0.3 is 0 Å². The molecule has 2 aromatic heterocycles. The van der Waals surface area contributed by atoms with E-state index < -0.39 is 0 Å². The van der Waals surface area contributed by atoms with Crippen molar-refractivity contribution in [3.63, 3.8) is 0 Å². The van der Waals surface area contributed by atoms with E-state index in [-0.39, 0.29) is 12.3 Å². The maximum atomic E-state index is 12.0. The summed E-state index contributed by atoms with van der Waals surface area (Å²) in [4.78, 5) is 20.5. The van der Waals surface area contributed by atoms with Crippen molar-refractivity contribution in [2.75, 3.05) is 5.32 Å². The molecule has 0 spiro atoms. The molecule has 0 radical (unpaired) electrons. The number of hydrogen-bond donors (Lipinski definition) is 1. The predicted octanol–water partition coefficient (Wildman–Crippen LogP) is 3.69. The average molecular weight is 309 g/mol. The molecule has 1 N–H and O–H groups in total. The molecule has 1 aromatic carbocycles. The summed E-state index contributed by atoms with van der Waals surface area (Å²) in [6.45, 7) is 2.06. The van der Waals surface area contributed by atoms with Gasteiger partial charge in [-0.2, -0.15) is 0 Å². The van der Waals surface area contributed by atoms with Crippen LogP contribution in [0, 0.1) is 6.92 Å². The molecule has 0 aliphatic rings. The molecule has 2 heterocycles. The Morgan fingerprint density at radius 1 is 1.14 bits per heavy atom. The number of anilines is 1. The molecule has 110 valence electrons. The van der Waals surface area contributed by atoms with Crippen molar-refractivity contribution >= 4 is 22.9 Å². The van der Waals surface area contributed by atoms with Crippen LogP contribution < -0.4 is 5.32 Å². The Morgan fingerprint density at radius 3 is 2.59 bits per heavy atom.